The number of aryl methyl sites for hydroxylation is 1. The fourth-order valence-corrected chi connectivity index (χ4v) is 2.80. The minimum atomic E-state index is 0.329. The van der Waals surface area contributed by atoms with Crippen LogP contribution in [0.15, 0.2) is 0 Å². The van der Waals surface area contributed by atoms with Crippen LogP contribution in [0.2, 0.25) is 0 Å². The maximum absolute atomic E-state index is 4.56. The second-order valence-electron chi connectivity index (χ2n) is 4.72. The van der Waals surface area contributed by atoms with Crippen LogP contribution < -0.4 is 0 Å². The van der Waals surface area contributed by atoms with E-state index >= 15 is 0 Å². The molecule has 3 nitrogen and oxygen atoms in total. The third-order valence-corrected chi connectivity index (χ3v) is 3.68. The van der Waals surface area contributed by atoms with E-state index in [2.05, 4.69) is 21.7 Å². The third kappa shape index (κ3) is 1.48. The lowest BCUT2D eigenvalue weighted by Crippen LogP contribution is -2.40. The Morgan fingerprint density at radius 2 is 1.87 bits per heavy atom. The molecule has 2 bridgehead atoms. The fourth-order valence-electron chi connectivity index (χ4n) is 2.80. The van der Waals surface area contributed by atoms with Crippen LogP contribution in [0.5, 0.6) is 0 Å². The molecule has 0 N–H and O–H groups in total. The molecule has 15 heavy (non-hydrogen) atoms. The molecule has 2 aliphatic heterocycles. The van der Waals surface area contributed by atoms with Crippen LogP contribution in [0.25, 0.3) is 0 Å². The highest BCUT2D eigenvalue weighted by Gasteiger charge is 2.43. The second kappa shape index (κ2) is 3.62. The molecule has 1 saturated carbocycles. The van der Waals surface area contributed by atoms with E-state index in [1.165, 1.54) is 31.5 Å². The van der Waals surface area contributed by atoms with Crippen LogP contribution in [-0.4, -0.2) is 14.8 Å². The topological polar surface area (TPSA) is 30.7 Å². The summed E-state index contributed by atoms with van der Waals surface area (Å²) < 4.78 is 2.18. The van der Waals surface area contributed by atoms with E-state index in [9.17, 15) is 0 Å². The fraction of sp³-hybridized carbons (Fsp3) is 0.833. The van der Waals surface area contributed by atoms with Gasteiger partial charge in [-0.15, -0.1) is 0 Å². The average molecular weight is 207 g/mol. The van der Waals surface area contributed by atoms with Gasteiger partial charge in [-0.05, 0) is 32.6 Å². The molecule has 4 rings (SSSR count). The number of rotatable bonds is 0. The van der Waals surface area contributed by atoms with Gasteiger partial charge in [0.25, 0.3) is 0 Å². The molecule has 0 spiro atoms. The molecule has 1 aromatic rings. The van der Waals surface area contributed by atoms with Gasteiger partial charge in [-0.1, -0.05) is 20.8 Å². The zero-order valence-electron chi connectivity index (χ0n) is 10.2. The molecule has 1 fully saturated rings. The second-order valence-corrected chi connectivity index (χ2v) is 4.72. The predicted octanol–water partition coefficient (Wildman–Crippen LogP) is 3.00. The first kappa shape index (κ1) is 10.7. The summed E-state index contributed by atoms with van der Waals surface area (Å²) >= 11 is 0. The Bertz CT molecular complexity index is 346. The normalized spacial score (nSPS) is 31.9. The van der Waals surface area contributed by atoms with Gasteiger partial charge >= 0.3 is 0 Å². The number of aromatic nitrogens is 3. The monoisotopic (exact) mass is 207 g/mol. The summed E-state index contributed by atoms with van der Waals surface area (Å²) in [5.41, 5.74) is 0.329. The molecular weight excluding hydrogens is 186 g/mol. The lowest BCUT2D eigenvalue weighted by atomic mass is 9.70. The molecule has 0 atom stereocenters. The zero-order valence-corrected chi connectivity index (χ0v) is 10.2. The lowest BCUT2D eigenvalue weighted by molar-refractivity contribution is 0.164. The number of hydrogen-bond donors (Lipinski definition) is 0. The van der Waals surface area contributed by atoms with Crippen LogP contribution in [-0.2, 0) is 5.41 Å². The van der Waals surface area contributed by atoms with Crippen molar-refractivity contribution in [2.45, 2.75) is 64.8 Å². The van der Waals surface area contributed by atoms with Gasteiger partial charge < -0.3 is 0 Å². The lowest BCUT2D eigenvalue weighted by Gasteiger charge is -2.43. The molecule has 3 aliphatic rings. The average Bonchev–Trinajstić information content (AvgIpc) is 2.66. The van der Waals surface area contributed by atoms with Crippen LogP contribution >= 0.6 is 0 Å². The molecule has 84 valence electrons. The number of hydrogen-bond acceptors (Lipinski definition) is 2. The summed E-state index contributed by atoms with van der Waals surface area (Å²) in [7, 11) is 0. The van der Waals surface area contributed by atoms with Crippen molar-refractivity contribution in [2.24, 2.45) is 0 Å². The first-order chi connectivity index (χ1) is 7.19. The van der Waals surface area contributed by atoms with Crippen molar-refractivity contribution in [1.29, 1.82) is 0 Å². The Kier molecular flexibility index (Phi) is 2.57. The van der Waals surface area contributed by atoms with E-state index in [1.807, 2.05) is 20.8 Å². The predicted molar refractivity (Wildman–Crippen MR) is 61.0 cm³/mol. The molecule has 0 radical (unpaired) electrons. The quantitative estimate of drug-likeness (QED) is 0.654. The summed E-state index contributed by atoms with van der Waals surface area (Å²) in [6.07, 6.45) is 5.20. The van der Waals surface area contributed by atoms with Crippen molar-refractivity contribution in [2.75, 3.05) is 0 Å². The van der Waals surface area contributed by atoms with Crippen molar-refractivity contribution < 1.29 is 0 Å². The highest BCUT2D eigenvalue weighted by molar-refractivity contribution is 5.15. The van der Waals surface area contributed by atoms with E-state index in [-0.39, 0.29) is 0 Å². The molecule has 1 aromatic heterocycles. The van der Waals surface area contributed by atoms with Crippen molar-refractivity contribution in [3.05, 3.63) is 11.6 Å². The molecule has 0 saturated heterocycles. The van der Waals surface area contributed by atoms with Gasteiger partial charge in [-0.25, -0.2) is 9.67 Å². The Morgan fingerprint density at radius 3 is 2.40 bits per heavy atom. The Morgan fingerprint density at radius 1 is 1.27 bits per heavy atom. The molecule has 0 aromatic carbocycles. The van der Waals surface area contributed by atoms with Gasteiger partial charge in [-0.2, -0.15) is 5.10 Å². The van der Waals surface area contributed by atoms with Crippen molar-refractivity contribution >= 4 is 0 Å². The van der Waals surface area contributed by atoms with Crippen LogP contribution in [0.4, 0.5) is 0 Å². The van der Waals surface area contributed by atoms with Crippen LogP contribution in [0, 0.1) is 6.92 Å². The maximum atomic E-state index is 4.56. The standard InChI is InChI=1S/C10H15N3.C2H6/c1-7-11-9-10(2)5-3-8(4-6-10)13(9)12-7;1-2/h8H,3-6H2,1-2H3;1-2H3. The largest absolute Gasteiger partial charge is 0.246 e. The highest BCUT2D eigenvalue weighted by Crippen LogP contribution is 2.47. The van der Waals surface area contributed by atoms with Crippen molar-refractivity contribution in [3.63, 3.8) is 0 Å². The van der Waals surface area contributed by atoms with E-state index in [4.69, 9.17) is 0 Å². The number of nitrogens with zero attached hydrogens (tertiary/aromatic N) is 3. The summed E-state index contributed by atoms with van der Waals surface area (Å²) in [6.45, 7) is 8.33. The molecule has 0 amide bonds. The summed E-state index contributed by atoms with van der Waals surface area (Å²) in [6, 6.07) is 0.651. The van der Waals surface area contributed by atoms with Gasteiger partial charge in [0.05, 0.1) is 6.04 Å². The van der Waals surface area contributed by atoms with Crippen LogP contribution in [0.1, 0.15) is 64.1 Å². The molecular formula is C12H21N3. The molecule has 3 heteroatoms. The van der Waals surface area contributed by atoms with Crippen molar-refractivity contribution in [3.8, 4) is 0 Å². The zero-order chi connectivity index (χ0) is 11.1. The molecule has 1 aliphatic carbocycles. The van der Waals surface area contributed by atoms with E-state index in [1.54, 1.807) is 0 Å². The summed E-state index contributed by atoms with van der Waals surface area (Å²) in [4.78, 5) is 4.56. The minimum Gasteiger partial charge on any atom is -0.246 e. The van der Waals surface area contributed by atoms with E-state index in [0.29, 0.717) is 11.5 Å². The minimum absolute atomic E-state index is 0.329. The SMILES string of the molecule is CC.Cc1nc2n(n1)C1CCC2(C)CC1. The Hall–Kier alpha value is -0.860. The molecule has 3 heterocycles. The summed E-state index contributed by atoms with van der Waals surface area (Å²) in [5.74, 6) is 2.18. The first-order valence-corrected chi connectivity index (χ1v) is 6.13. The first-order valence-electron chi connectivity index (χ1n) is 6.13. The Balaban J connectivity index is 0.000000404. The van der Waals surface area contributed by atoms with Gasteiger partial charge in [0, 0.05) is 5.41 Å². The smallest absolute Gasteiger partial charge is 0.147 e. The highest BCUT2D eigenvalue weighted by atomic mass is 15.4. The van der Waals surface area contributed by atoms with E-state index in [0.717, 1.165) is 5.82 Å². The summed E-state index contributed by atoms with van der Waals surface area (Å²) in [5, 5.41) is 4.48. The van der Waals surface area contributed by atoms with E-state index < -0.39 is 0 Å². The van der Waals surface area contributed by atoms with Gasteiger partial charge in [-0.3, -0.25) is 0 Å². The Labute approximate surface area is 91.9 Å². The van der Waals surface area contributed by atoms with Crippen LogP contribution in [0.3, 0.4) is 0 Å². The third-order valence-electron chi connectivity index (χ3n) is 3.68. The van der Waals surface area contributed by atoms with Gasteiger partial charge in [0.2, 0.25) is 0 Å². The molecule has 0 unspecified atom stereocenters. The van der Waals surface area contributed by atoms with Gasteiger partial charge in [0.1, 0.15) is 11.6 Å². The van der Waals surface area contributed by atoms with Crippen molar-refractivity contribution in [1.82, 2.24) is 14.8 Å². The maximum Gasteiger partial charge on any atom is 0.147 e. The van der Waals surface area contributed by atoms with Gasteiger partial charge in [0.15, 0.2) is 0 Å². The number of fused-ring (bicyclic) bond motifs is 2.